The Morgan fingerprint density at radius 1 is 1.34 bits per heavy atom. The molecule has 1 aromatic carbocycles. The summed E-state index contributed by atoms with van der Waals surface area (Å²) in [6.07, 6.45) is 1.34. The molecule has 1 atom stereocenters. The Kier molecular flexibility index (Phi) is 7.29. The zero-order chi connectivity index (χ0) is 20.8. The largest absolute Gasteiger partial charge is 0.492 e. The van der Waals surface area contributed by atoms with E-state index in [0.29, 0.717) is 43.0 Å². The number of nitrogens with one attached hydrogen (secondary N) is 1. The molecule has 3 aromatic rings. The van der Waals surface area contributed by atoms with Crippen molar-refractivity contribution in [2.75, 3.05) is 25.2 Å². The lowest BCUT2D eigenvalue weighted by molar-refractivity contribution is -0.129. The summed E-state index contributed by atoms with van der Waals surface area (Å²) in [6, 6.07) is 7.53. The molecule has 29 heavy (non-hydrogen) atoms. The maximum atomic E-state index is 12.1. The van der Waals surface area contributed by atoms with Crippen molar-refractivity contribution in [3.05, 3.63) is 30.1 Å². The second-order valence-electron chi connectivity index (χ2n) is 6.55. The predicted molar refractivity (Wildman–Crippen MR) is 114 cm³/mol. The molecule has 0 fully saturated rings. The van der Waals surface area contributed by atoms with E-state index in [0.717, 1.165) is 16.7 Å². The highest BCUT2D eigenvalue weighted by Gasteiger charge is 2.19. The van der Waals surface area contributed by atoms with Gasteiger partial charge in [-0.3, -0.25) is 4.79 Å². The number of para-hydroxylation sites is 1. The van der Waals surface area contributed by atoms with Crippen molar-refractivity contribution >= 4 is 39.6 Å². The van der Waals surface area contributed by atoms with Crippen LogP contribution in [0.15, 0.2) is 24.3 Å². The number of imidazole rings is 1. The van der Waals surface area contributed by atoms with Gasteiger partial charge in [0.05, 0.1) is 11.0 Å². The highest BCUT2D eigenvalue weighted by molar-refractivity contribution is 7.98. The van der Waals surface area contributed by atoms with Gasteiger partial charge in [0.25, 0.3) is 0 Å². The summed E-state index contributed by atoms with van der Waals surface area (Å²) in [5, 5.41) is 23.9. The van der Waals surface area contributed by atoms with Crippen LogP contribution < -0.4 is 5.32 Å². The average molecular weight is 419 g/mol. The van der Waals surface area contributed by atoms with Crippen LogP contribution in [0.4, 0.5) is 0 Å². The van der Waals surface area contributed by atoms with E-state index in [1.807, 2.05) is 42.0 Å². The Balaban J connectivity index is 1.89. The predicted octanol–water partition coefficient (Wildman–Crippen LogP) is 2.06. The number of thioether (sulfide) groups is 1. The summed E-state index contributed by atoms with van der Waals surface area (Å²) in [7, 11) is 0. The van der Waals surface area contributed by atoms with Gasteiger partial charge in [-0.25, -0.2) is 9.97 Å². The van der Waals surface area contributed by atoms with E-state index in [4.69, 9.17) is 4.74 Å². The third-order valence-corrected chi connectivity index (χ3v) is 5.26. The fourth-order valence-electron chi connectivity index (χ4n) is 3.18. The number of aromatic hydroxyl groups is 1. The highest BCUT2D eigenvalue weighted by atomic mass is 32.2. The highest BCUT2D eigenvalue weighted by Crippen LogP contribution is 2.30. The minimum absolute atomic E-state index is 0.133. The van der Waals surface area contributed by atoms with Gasteiger partial charge in [0.2, 0.25) is 11.8 Å². The molecule has 9 heteroatoms. The standard InChI is InChI=1S/C20H26N4O4S/c1-3-28-12-16-23-17-18(13-6-4-5-7-14(13)22-20(17)27)24(16)10-9-21-19(26)15(25)8-11-29-2/h4-7,15,25H,3,8-12H2,1-2H3,(H,21,26)(H,22,27). The SMILES string of the molecule is CCOCc1nc2c(O)nc3ccccc3c2n1CCNC(=O)C(O)CCSC. The molecule has 0 aliphatic rings. The maximum absolute atomic E-state index is 12.1. The number of amides is 1. The van der Waals surface area contributed by atoms with Crippen LogP contribution in [-0.4, -0.2) is 61.9 Å². The number of aromatic nitrogens is 3. The van der Waals surface area contributed by atoms with Crippen molar-refractivity contribution in [1.29, 1.82) is 0 Å². The number of carbonyl (C=O) groups excluding carboxylic acids is 1. The molecule has 1 unspecified atom stereocenters. The molecule has 8 nitrogen and oxygen atoms in total. The van der Waals surface area contributed by atoms with Gasteiger partial charge in [0.15, 0.2) is 5.52 Å². The molecular weight excluding hydrogens is 392 g/mol. The molecule has 0 aliphatic heterocycles. The molecular formula is C20H26N4O4S. The third kappa shape index (κ3) is 4.80. The summed E-state index contributed by atoms with van der Waals surface area (Å²) in [5.74, 6) is 0.848. The Bertz CT molecular complexity index is 991. The Labute approximate surface area is 173 Å². The molecule has 2 aromatic heterocycles. The van der Waals surface area contributed by atoms with Crippen LogP contribution in [-0.2, 0) is 22.7 Å². The molecule has 3 N–H and O–H groups in total. The van der Waals surface area contributed by atoms with Gasteiger partial charge in [-0.2, -0.15) is 11.8 Å². The number of benzene rings is 1. The molecule has 0 aliphatic carbocycles. The van der Waals surface area contributed by atoms with E-state index >= 15 is 0 Å². The van der Waals surface area contributed by atoms with Crippen LogP contribution in [0.25, 0.3) is 21.9 Å². The minimum atomic E-state index is -1.01. The number of pyridine rings is 1. The van der Waals surface area contributed by atoms with Gasteiger partial charge in [0.1, 0.15) is 18.5 Å². The molecule has 3 rings (SSSR count). The second-order valence-corrected chi connectivity index (χ2v) is 7.54. The molecule has 1 amide bonds. The third-order valence-electron chi connectivity index (χ3n) is 4.61. The zero-order valence-electron chi connectivity index (χ0n) is 16.6. The van der Waals surface area contributed by atoms with Crippen LogP contribution in [0, 0.1) is 0 Å². The van der Waals surface area contributed by atoms with Crippen LogP contribution in [0.1, 0.15) is 19.2 Å². The Morgan fingerprint density at radius 2 is 2.14 bits per heavy atom. The summed E-state index contributed by atoms with van der Waals surface area (Å²) in [4.78, 5) is 20.9. The fraction of sp³-hybridized carbons (Fsp3) is 0.450. The maximum Gasteiger partial charge on any atom is 0.248 e. The number of rotatable bonds is 10. The number of aliphatic hydroxyl groups is 1. The van der Waals surface area contributed by atoms with Gasteiger partial charge < -0.3 is 24.8 Å². The van der Waals surface area contributed by atoms with E-state index in [1.54, 1.807) is 11.8 Å². The smallest absolute Gasteiger partial charge is 0.248 e. The van der Waals surface area contributed by atoms with Gasteiger partial charge in [0, 0.05) is 25.1 Å². The van der Waals surface area contributed by atoms with Gasteiger partial charge in [-0.15, -0.1) is 0 Å². The quantitative estimate of drug-likeness (QED) is 0.462. The summed E-state index contributed by atoms with van der Waals surface area (Å²) in [5.41, 5.74) is 1.82. The molecule has 0 radical (unpaired) electrons. The van der Waals surface area contributed by atoms with E-state index in [-0.39, 0.29) is 18.4 Å². The number of carbonyl (C=O) groups is 1. The lowest BCUT2D eigenvalue weighted by Crippen LogP contribution is -2.36. The average Bonchev–Trinajstić information content (AvgIpc) is 3.09. The van der Waals surface area contributed by atoms with Crippen LogP contribution in [0.5, 0.6) is 5.88 Å². The van der Waals surface area contributed by atoms with Crippen molar-refractivity contribution in [2.45, 2.75) is 32.6 Å². The Hall–Kier alpha value is -2.36. The van der Waals surface area contributed by atoms with Crippen molar-refractivity contribution in [3.8, 4) is 5.88 Å². The van der Waals surface area contributed by atoms with Gasteiger partial charge >= 0.3 is 0 Å². The van der Waals surface area contributed by atoms with Crippen LogP contribution in [0.3, 0.4) is 0 Å². The van der Waals surface area contributed by atoms with Crippen molar-refractivity contribution in [1.82, 2.24) is 19.9 Å². The molecule has 0 bridgehead atoms. The number of ether oxygens (including phenoxy) is 1. The summed E-state index contributed by atoms with van der Waals surface area (Å²) >= 11 is 1.59. The zero-order valence-corrected chi connectivity index (χ0v) is 17.4. The lowest BCUT2D eigenvalue weighted by Gasteiger charge is -2.13. The van der Waals surface area contributed by atoms with Crippen molar-refractivity contribution in [3.63, 3.8) is 0 Å². The number of aliphatic hydroxyl groups excluding tert-OH is 1. The van der Waals surface area contributed by atoms with E-state index in [2.05, 4.69) is 15.3 Å². The fourth-order valence-corrected chi connectivity index (χ4v) is 3.64. The van der Waals surface area contributed by atoms with Gasteiger partial charge in [-0.05, 0) is 31.4 Å². The molecule has 0 saturated heterocycles. The first-order chi connectivity index (χ1) is 14.1. The molecule has 0 spiro atoms. The topological polar surface area (TPSA) is 110 Å². The number of hydrogen-bond acceptors (Lipinski definition) is 7. The van der Waals surface area contributed by atoms with Gasteiger partial charge in [-0.1, -0.05) is 18.2 Å². The van der Waals surface area contributed by atoms with E-state index in [1.165, 1.54) is 0 Å². The first-order valence-electron chi connectivity index (χ1n) is 9.56. The number of hydrogen-bond donors (Lipinski definition) is 3. The van der Waals surface area contributed by atoms with Crippen LogP contribution >= 0.6 is 11.8 Å². The Morgan fingerprint density at radius 3 is 2.90 bits per heavy atom. The summed E-state index contributed by atoms with van der Waals surface area (Å²) in [6.45, 7) is 3.46. The molecule has 0 saturated carbocycles. The second kappa shape index (κ2) is 9.91. The van der Waals surface area contributed by atoms with Crippen molar-refractivity contribution < 1.29 is 19.7 Å². The number of nitrogens with zero attached hydrogens (tertiary/aromatic N) is 3. The molecule has 2 heterocycles. The first kappa shape index (κ1) is 21.4. The van der Waals surface area contributed by atoms with E-state index < -0.39 is 6.10 Å². The molecule has 156 valence electrons. The number of fused-ring (bicyclic) bond motifs is 3. The first-order valence-corrected chi connectivity index (χ1v) is 11.0. The van der Waals surface area contributed by atoms with E-state index in [9.17, 15) is 15.0 Å². The normalized spacial score (nSPS) is 12.5. The lowest BCUT2D eigenvalue weighted by atomic mass is 10.2. The minimum Gasteiger partial charge on any atom is -0.492 e. The monoisotopic (exact) mass is 418 g/mol. The summed E-state index contributed by atoms with van der Waals surface area (Å²) < 4.78 is 7.47. The van der Waals surface area contributed by atoms with Crippen LogP contribution in [0.2, 0.25) is 0 Å². The van der Waals surface area contributed by atoms with Crippen molar-refractivity contribution in [2.24, 2.45) is 0 Å².